The first-order valence-electron chi connectivity index (χ1n) is 6.19. The summed E-state index contributed by atoms with van der Waals surface area (Å²) in [6.45, 7) is 1.36. The molecule has 1 heterocycles. The van der Waals surface area contributed by atoms with Crippen molar-refractivity contribution >= 4 is 7.85 Å². The lowest BCUT2D eigenvalue weighted by molar-refractivity contribution is -0.0772. The number of ether oxygens (including phenoxy) is 5. The van der Waals surface area contributed by atoms with E-state index >= 15 is 0 Å². The van der Waals surface area contributed by atoms with Crippen LogP contribution in [0.5, 0.6) is 0 Å². The molecule has 5 atom stereocenters. The monoisotopic (exact) mass is 261 g/mol. The maximum atomic E-state index is 5.83. The van der Waals surface area contributed by atoms with Crippen LogP contribution in [0.4, 0.5) is 0 Å². The maximum Gasteiger partial charge on any atom is 0.142 e. The standard InChI is InChI=1S/C11H24BNO5/c1-14-6-8-9(16-3)10(11(12)18-8)17-5-7(4-13)15-2/h7-11H,4-6,12-13H2,1-3H3/t7?,8-,9?,10+,11-/m1/s1. The molecule has 1 aliphatic rings. The van der Waals surface area contributed by atoms with Gasteiger partial charge < -0.3 is 29.4 Å². The lowest BCUT2D eigenvalue weighted by Gasteiger charge is -2.24. The van der Waals surface area contributed by atoms with E-state index in [2.05, 4.69) is 0 Å². The van der Waals surface area contributed by atoms with Crippen molar-refractivity contribution in [2.24, 2.45) is 5.73 Å². The van der Waals surface area contributed by atoms with E-state index in [0.29, 0.717) is 19.8 Å². The molecule has 0 aliphatic carbocycles. The van der Waals surface area contributed by atoms with E-state index in [-0.39, 0.29) is 30.4 Å². The number of rotatable bonds is 8. The van der Waals surface area contributed by atoms with Gasteiger partial charge in [-0.1, -0.05) is 0 Å². The van der Waals surface area contributed by atoms with Crippen LogP contribution in [-0.4, -0.2) is 79.4 Å². The van der Waals surface area contributed by atoms with Gasteiger partial charge in [0, 0.05) is 27.9 Å². The Morgan fingerprint density at radius 2 is 2.00 bits per heavy atom. The molecule has 2 N–H and O–H groups in total. The molecule has 1 saturated heterocycles. The smallest absolute Gasteiger partial charge is 0.142 e. The molecular weight excluding hydrogens is 237 g/mol. The fraction of sp³-hybridized carbons (Fsp3) is 1.00. The Labute approximate surface area is 109 Å². The summed E-state index contributed by atoms with van der Waals surface area (Å²) in [7, 11) is 6.89. The summed E-state index contributed by atoms with van der Waals surface area (Å²) in [5.74, 6) is 0. The average Bonchev–Trinajstić information content (AvgIpc) is 2.67. The molecule has 6 nitrogen and oxygen atoms in total. The normalized spacial score (nSPS) is 33.8. The zero-order chi connectivity index (χ0) is 13.5. The largest absolute Gasteiger partial charge is 0.382 e. The van der Waals surface area contributed by atoms with Gasteiger partial charge in [-0.3, -0.25) is 0 Å². The van der Waals surface area contributed by atoms with E-state index in [1.807, 2.05) is 7.85 Å². The molecule has 0 saturated carbocycles. The molecule has 106 valence electrons. The predicted octanol–water partition coefficient (Wildman–Crippen LogP) is -1.64. The van der Waals surface area contributed by atoms with Gasteiger partial charge in [0.15, 0.2) is 0 Å². The van der Waals surface area contributed by atoms with Gasteiger partial charge in [-0.05, 0) is 0 Å². The molecule has 7 heteroatoms. The van der Waals surface area contributed by atoms with Crippen LogP contribution in [0.3, 0.4) is 0 Å². The highest BCUT2D eigenvalue weighted by atomic mass is 16.6. The van der Waals surface area contributed by atoms with Crippen LogP contribution in [0, 0.1) is 0 Å². The molecule has 2 unspecified atom stereocenters. The van der Waals surface area contributed by atoms with Crippen molar-refractivity contribution in [1.29, 1.82) is 0 Å². The first-order chi connectivity index (χ1) is 8.67. The van der Waals surface area contributed by atoms with Gasteiger partial charge in [0.1, 0.15) is 26.2 Å². The van der Waals surface area contributed by atoms with Crippen molar-refractivity contribution in [2.45, 2.75) is 30.4 Å². The molecule has 0 aromatic carbocycles. The summed E-state index contributed by atoms with van der Waals surface area (Å²) in [5.41, 5.74) is 5.56. The number of hydrogen-bond donors (Lipinski definition) is 1. The van der Waals surface area contributed by atoms with Crippen LogP contribution in [0.15, 0.2) is 0 Å². The minimum absolute atomic E-state index is 0.0367. The predicted molar refractivity (Wildman–Crippen MR) is 69.5 cm³/mol. The van der Waals surface area contributed by atoms with E-state index in [1.165, 1.54) is 0 Å². The zero-order valence-electron chi connectivity index (χ0n) is 11.6. The highest BCUT2D eigenvalue weighted by molar-refractivity contribution is 6.11. The van der Waals surface area contributed by atoms with Crippen molar-refractivity contribution in [3.8, 4) is 0 Å². The van der Waals surface area contributed by atoms with E-state index in [1.54, 1.807) is 21.3 Å². The minimum atomic E-state index is -0.129. The summed E-state index contributed by atoms with van der Waals surface area (Å²) in [6, 6.07) is -0.0367. The van der Waals surface area contributed by atoms with Crippen LogP contribution < -0.4 is 5.73 Å². The minimum Gasteiger partial charge on any atom is -0.382 e. The molecule has 0 aromatic heterocycles. The molecule has 0 aromatic rings. The quantitative estimate of drug-likeness (QED) is 0.529. The highest BCUT2D eigenvalue weighted by Crippen LogP contribution is 2.25. The van der Waals surface area contributed by atoms with Gasteiger partial charge in [-0.25, -0.2) is 0 Å². The third-order valence-corrected chi connectivity index (χ3v) is 3.22. The Bertz CT molecular complexity index is 229. The molecule has 1 aliphatic heterocycles. The lowest BCUT2D eigenvalue weighted by atomic mass is 9.92. The first-order valence-corrected chi connectivity index (χ1v) is 6.19. The second kappa shape index (κ2) is 8.09. The maximum absolute atomic E-state index is 5.83. The van der Waals surface area contributed by atoms with Crippen molar-refractivity contribution in [1.82, 2.24) is 0 Å². The van der Waals surface area contributed by atoms with E-state index in [9.17, 15) is 0 Å². The Morgan fingerprint density at radius 1 is 1.28 bits per heavy atom. The first kappa shape index (κ1) is 15.9. The second-order valence-corrected chi connectivity index (χ2v) is 4.43. The highest BCUT2D eigenvalue weighted by Gasteiger charge is 2.43. The van der Waals surface area contributed by atoms with Crippen LogP contribution in [0.25, 0.3) is 0 Å². The lowest BCUT2D eigenvalue weighted by Crippen LogP contribution is -2.41. The summed E-state index contributed by atoms with van der Waals surface area (Å²) in [5, 5.41) is 0. The van der Waals surface area contributed by atoms with E-state index in [4.69, 9.17) is 29.4 Å². The van der Waals surface area contributed by atoms with Gasteiger partial charge in [0.05, 0.1) is 25.3 Å². The van der Waals surface area contributed by atoms with Gasteiger partial charge in [-0.2, -0.15) is 0 Å². The van der Waals surface area contributed by atoms with Crippen molar-refractivity contribution in [2.75, 3.05) is 41.1 Å². The summed E-state index contributed by atoms with van der Waals surface area (Å²) in [6.07, 6.45) is -0.454. The van der Waals surface area contributed by atoms with Gasteiger partial charge in [0.25, 0.3) is 0 Å². The summed E-state index contributed by atoms with van der Waals surface area (Å²) >= 11 is 0. The fourth-order valence-corrected chi connectivity index (χ4v) is 2.17. The van der Waals surface area contributed by atoms with Crippen LogP contribution in [0.1, 0.15) is 0 Å². The third kappa shape index (κ3) is 3.91. The number of methoxy groups -OCH3 is 3. The molecular formula is C11H24BNO5. The molecule has 0 spiro atoms. The number of nitrogens with two attached hydrogens (primary N) is 1. The van der Waals surface area contributed by atoms with Crippen LogP contribution in [-0.2, 0) is 23.7 Å². The SMILES string of the molecule is B[C@@H]1O[C@H](COC)C(OC)[C@@H]1OCC(CN)OC. The zero-order valence-corrected chi connectivity index (χ0v) is 11.6. The third-order valence-electron chi connectivity index (χ3n) is 3.22. The Kier molecular flexibility index (Phi) is 7.14. The topological polar surface area (TPSA) is 72.2 Å². The Balaban J connectivity index is 2.51. The van der Waals surface area contributed by atoms with Crippen LogP contribution in [0.2, 0.25) is 0 Å². The van der Waals surface area contributed by atoms with Gasteiger partial charge in [-0.15, -0.1) is 0 Å². The summed E-state index contributed by atoms with van der Waals surface area (Å²) < 4.78 is 27.4. The summed E-state index contributed by atoms with van der Waals surface area (Å²) in [4.78, 5) is 0. The molecule has 18 heavy (non-hydrogen) atoms. The molecule has 0 bridgehead atoms. The molecule has 1 fully saturated rings. The molecule has 1 rings (SSSR count). The Morgan fingerprint density at radius 3 is 2.50 bits per heavy atom. The van der Waals surface area contributed by atoms with Gasteiger partial charge in [0.2, 0.25) is 0 Å². The van der Waals surface area contributed by atoms with Crippen molar-refractivity contribution < 1.29 is 23.7 Å². The average molecular weight is 261 g/mol. The molecule has 0 radical (unpaired) electrons. The second-order valence-electron chi connectivity index (χ2n) is 4.43. The van der Waals surface area contributed by atoms with E-state index < -0.39 is 0 Å². The van der Waals surface area contributed by atoms with E-state index in [0.717, 1.165) is 0 Å². The van der Waals surface area contributed by atoms with Crippen molar-refractivity contribution in [3.05, 3.63) is 0 Å². The van der Waals surface area contributed by atoms with Gasteiger partial charge >= 0.3 is 0 Å². The number of hydrogen-bond acceptors (Lipinski definition) is 6. The Hall–Kier alpha value is -0.175. The van der Waals surface area contributed by atoms with Crippen LogP contribution >= 0.6 is 0 Å². The fourth-order valence-electron chi connectivity index (χ4n) is 2.17. The van der Waals surface area contributed by atoms with Crippen molar-refractivity contribution in [3.63, 3.8) is 0 Å². The molecule has 0 amide bonds.